The van der Waals surface area contributed by atoms with E-state index in [1.165, 1.54) is 0 Å². The number of aryl methyl sites for hydroxylation is 1. The molecule has 9 heterocycles. The van der Waals surface area contributed by atoms with Crippen LogP contribution >= 0.6 is 11.6 Å². The molecule has 0 radical (unpaired) electrons. The molecule has 3 atom stereocenters. The number of pyridine rings is 1. The predicted octanol–water partition coefficient (Wildman–Crippen LogP) is 4.85. The van der Waals surface area contributed by atoms with E-state index in [2.05, 4.69) is 25.1 Å². The molecule has 11 nitrogen and oxygen atoms in total. The number of nitrogens with one attached hydrogen (secondary N) is 1. The Morgan fingerprint density at radius 3 is 2.98 bits per heavy atom. The van der Waals surface area contributed by atoms with Crippen LogP contribution in [0, 0.1) is 5.82 Å². The van der Waals surface area contributed by atoms with Gasteiger partial charge in [-0.2, -0.15) is 15.1 Å². The first-order chi connectivity index (χ1) is 22.4. The molecule has 5 aliphatic rings. The van der Waals surface area contributed by atoms with Crippen LogP contribution in [-0.4, -0.2) is 92.2 Å². The Labute approximate surface area is 267 Å². The molecule has 5 aromatic rings. The summed E-state index contributed by atoms with van der Waals surface area (Å²) in [6.07, 6.45) is 7.52. The first-order valence-electron chi connectivity index (χ1n) is 15.8. The number of fused-ring (bicyclic) bond motifs is 4. The topological polar surface area (TPSA) is 118 Å². The molecule has 8 bridgehead atoms. The van der Waals surface area contributed by atoms with E-state index in [9.17, 15) is 4.39 Å². The molecule has 0 spiro atoms. The second-order valence-corrected chi connectivity index (χ2v) is 13.2. The number of hydrogen-bond acceptors (Lipinski definition) is 10. The SMILES string of the molecule is Fc1c2ncc3c(nc(OC[C@@]45CCCN4C[C@H](F)C5)nc13)N1CCO[C@@H](Cc3ncc(o3)CCc3c(Cl)cc4[nH]ncc4c3-2)C1. The molecule has 238 valence electrons. The first-order valence-corrected chi connectivity index (χ1v) is 16.1. The smallest absolute Gasteiger partial charge is 0.319 e. The lowest BCUT2D eigenvalue weighted by Gasteiger charge is -2.34. The van der Waals surface area contributed by atoms with E-state index in [0.717, 1.165) is 19.4 Å². The van der Waals surface area contributed by atoms with Gasteiger partial charge in [0, 0.05) is 54.6 Å². The standard InChI is InChI=1S/C32H31ClF2N8O3/c33-23-9-24-21(13-38-41-24)26-20(23)3-2-18-11-36-25(46-18)8-19-15-42(6-7-44-19)30-22-12-37-29(26)27(35)28(22)39-31(40-30)45-16-32-4-1-5-43(32)14-17(34)10-32/h9,11-13,17,19H,1-8,10,14-16H2,(H,38,41)/t17-,19+,32+/m1/s1. The Morgan fingerprint density at radius 1 is 1.11 bits per heavy atom. The third kappa shape index (κ3) is 4.62. The molecule has 0 saturated carbocycles. The van der Waals surface area contributed by atoms with Gasteiger partial charge in [0.25, 0.3) is 0 Å². The molecule has 46 heavy (non-hydrogen) atoms. The largest absolute Gasteiger partial charge is 0.461 e. The number of hydrogen-bond donors (Lipinski definition) is 1. The molecule has 0 amide bonds. The van der Waals surface area contributed by atoms with Gasteiger partial charge in [-0.3, -0.25) is 15.0 Å². The van der Waals surface area contributed by atoms with Crippen molar-refractivity contribution in [3.63, 3.8) is 0 Å². The van der Waals surface area contributed by atoms with E-state index in [1.54, 1.807) is 24.7 Å². The van der Waals surface area contributed by atoms with Crippen molar-refractivity contribution < 1.29 is 22.7 Å². The summed E-state index contributed by atoms with van der Waals surface area (Å²) >= 11 is 6.84. The lowest BCUT2D eigenvalue weighted by molar-refractivity contribution is 0.0367. The summed E-state index contributed by atoms with van der Waals surface area (Å²) in [5.41, 5.74) is 1.70. The summed E-state index contributed by atoms with van der Waals surface area (Å²) in [5.74, 6) is 1.18. The summed E-state index contributed by atoms with van der Waals surface area (Å²) in [7, 11) is 0. The number of aromatic amines is 1. The highest BCUT2D eigenvalue weighted by Crippen LogP contribution is 2.42. The van der Waals surface area contributed by atoms with Crippen LogP contribution in [0.15, 0.2) is 29.1 Å². The minimum absolute atomic E-state index is 0.0448. The van der Waals surface area contributed by atoms with Crippen molar-refractivity contribution >= 4 is 39.2 Å². The molecule has 10 rings (SSSR count). The molecule has 5 aliphatic heterocycles. The maximum atomic E-state index is 17.0. The van der Waals surface area contributed by atoms with Crippen molar-refractivity contribution in [2.45, 2.75) is 56.3 Å². The Kier molecular flexibility index (Phi) is 6.65. The van der Waals surface area contributed by atoms with Crippen molar-refractivity contribution in [2.24, 2.45) is 0 Å². The Bertz CT molecular complexity index is 1990. The van der Waals surface area contributed by atoms with Crippen LogP contribution in [0.1, 0.15) is 36.5 Å². The van der Waals surface area contributed by atoms with Crippen LogP contribution in [0.2, 0.25) is 5.02 Å². The van der Waals surface area contributed by atoms with Crippen LogP contribution < -0.4 is 9.64 Å². The number of morpholine rings is 1. The second kappa shape index (κ2) is 10.8. The number of anilines is 1. The van der Waals surface area contributed by atoms with Gasteiger partial charge in [0.1, 0.15) is 35.6 Å². The number of benzene rings is 1. The molecule has 0 aliphatic carbocycles. The van der Waals surface area contributed by atoms with E-state index >= 15 is 4.39 Å². The molecule has 3 saturated heterocycles. The van der Waals surface area contributed by atoms with Gasteiger partial charge in [0.05, 0.1) is 48.0 Å². The van der Waals surface area contributed by atoms with Crippen molar-refractivity contribution in [1.82, 2.24) is 35.0 Å². The first kappa shape index (κ1) is 28.3. The van der Waals surface area contributed by atoms with E-state index in [-0.39, 0.29) is 29.9 Å². The molecule has 3 fully saturated rings. The van der Waals surface area contributed by atoms with E-state index in [1.807, 2.05) is 4.90 Å². The number of rotatable bonds is 3. The van der Waals surface area contributed by atoms with Crippen LogP contribution in [0.4, 0.5) is 14.6 Å². The van der Waals surface area contributed by atoms with Gasteiger partial charge >= 0.3 is 6.01 Å². The van der Waals surface area contributed by atoms with E-state index in [4.69, 9.17) is 35.5 Å². The zero-order valence-corrected chi connectivity index (χ0v) is 25.7. The zero-order chi connectivity index (χ0) is 31.0. The Morgan fingerprint density at radius 2 is 2.04 bits per heavy atom. The monoisotopic (exact) mass is 648 g/mol. The van der Waals surface area contributed by atoms with Gasteiger partial charge in [0.15, 0.2) is 11.7 Å². The van der Waals surface area contributed by atoms with Crippen LogP contribution in [-0.2, 0) is 24.0 Å². The highest BCUT2D eigenvalue weighted by Gasteiger charge is 2.49. The van der Waals surface area contributed by atoms with Gasteiger partial charge < -0.3 is 18.8 Å². The quantitative estimate of drug-likeness (QED) is 0.291. The molecule has 1 N–H and O–H groups in total. The van der Waals surface area contributed by atoms with Crippen LogP contribution in [0.3, 0.4) is 0 Å². The van der Waals surface area contributed by atoms with Gasteiger partial charge in [-0.15, -0.1) is 0 Å². The predicted molar refractivity (Wildman–Crippen MR) is 166 cm³/mol. The summed E-state index contributed by atoms with van der Waals surface area (Å²) in [4.78, 5) is 22.9. The second-order valence-electron chi connectivity index (χ2n) is 12.8. The normalized spacial score (nSPS) is 24.7. The maximum absolute atomic E-state index is 17.0. The van der Waals surface area contributed by atoms with Crippen molar-refractivity contribution in [3.8, 4) is 17.3 Å². The molecular weight excluding hydrogens is 618 g/mol. The Hall–Kier alpha value is -3.94. The molecule has 1 aromatic carbocycles. The maximum Gasteiger partial charge on any atom is 0.319 e. The summed E-state index contributed by atoms with van der Waals surface area (Å²) in [5, 5.41) is 8.77. The van der Waals surface area contributed by atoms with Crippen LogP contribution in [0.5, 0.6) is 6.01 Å². The lowest BCUT2D eigenvalue weighted by Crippen LogP contribution is -2.44. The minimum atomic E-state index is -0.897. The minimum Gasteiger partial charge on any atom is -0.461 e. The van der Waals surface area contributed by atoms with Crippen molar-refractivity contribution in [3.05, 3.63) is 52.7 Å². The Balaban J connectivity index is 1.22. The fraction of sp³-hybridized carbons (Fsp3) is 0.469. The number of oxazole rings is 1. The third-order valence-corrected chi connectivity index (χ3v) is 10.3. The lowest BCUT2D eigenvalue weighted by atomic mass is 9.95. The number of aromatic nitrogens is 6. The summed E-state index contributed by atoms with van der Waals surface area (Å²) in [6, 6.07) is 1.84. The summed E-state index contributed by atoms with van der Waals surface area (Å²) < 4.78 is 50.0. The van der Waals surface area contributed by atoms with Gasteiger partial charge in [-0.1, -0.05) is 11.6 Å². The van der Waals surface area contributed by atoms with Crippen molar-refractivity contribution in [2.75, 3.05) is 44.3 Å². The van der Waals surface area contributed by atoms with Gasteiger partial charge in [-0.05, 0) is 37.4 Å². The zero-order valence-electron chi connectivity index (χ0n) is 24.9. The number of halogens is 3. The fourth-order valence-corrected chi connectivity index (χ4v) is 8.10. The number of ether oxygens (including phenoxy) is 2. The summed E-state index contributed by atoms with van der Waals surface area (Å²) in [6.45, 7) is 2.91. The third-order valence-electron chi connectivity index (χ3n) is 9.97. The number of H-pyrrole nitrogens is 1. The van der Waals surface area contributed by atoms with Crippen molar-refractivity contribution in [1.29, 1.82) is 0 Å². The molecule has 4 aromatic heterocycles. The molecule has 14 heteroatoms. The highest BCUT2D eigenvalue weighted by molar-refractivity contribution is 6.33. The average molecular weight is 649 g/mol. The van der Waals surface area contributed by atoms with E-state index < -0.39 is 17.5 Å². The fourth-order valence-electron chi connectivity index (χ4n) is 7.80. The highest BCUT2D eigenvalue weighted by atomic mass is 35.5. The van der Waals surface area contributed by atoms with Gasteiger partial charge in [0.2, 0.25) is 0 Å². The average Bonchev–Trinajstić information content (AvgIpc) is 3.83. The molecular formula is C32H31ClF2N8O3. The number of nitrogens with zero attached hydrogens (tertiary/aromatic N) is 7. The van der Waals surface area contributed by atoms with E-state index in [0.29, 0.717) is 102 Å². The molecule has 0 unspecified atom stereocenters. The number of alkyl halides is 1. The van der Waals surface area contributed by atoms with Crippen LogP contribution in [0.25, 0.3) is 33.1 Å². The van der Waals surface area contributed by atoms with Gasteiger partial charge in [-0.25, -0.2) is 13.8 Å².